The van der Waals surface area contributed by atoms with Gasteiger partial charge in [0.1, 0.15) is 5.65 Å². The fourth-order valence-corrected chi connectivity index (χ4v) is 2.65. The Morgan fingerprint density at radius 2 is 1.76 bits per heavy atom. The third-order valence-corrected chi connectivity index (χ3v) is 3.74. The van der Waals surface area contributed by atoms with E-state index in [0.717, 1.165) is 17.9 Å². The zero-order valence-electron chi connectivity index (χ0n) is 13.1. The van der Waals surface area contributed by atoms with Gasteiger partial charge < -0.3 is 9.30 Å². The van der Waals surface area contributed by atoms with E-state index in [9.17, 15) is 0 Å². The van der Waals surface area contributed by atoms with Crippen molar-refractivity contribution in [3.05, 3.63) is 59.4 Å². The Morgan fingerprint density at radius 3 is 2.43 bits per heavy atom. The average molecular weight is 279 g/mol. The first-order valence-corrected chi connectivity index (χ1v) is 7.24. The number of hydrogen-bond acceptors (Lipinski definition) is 2. The van der Waals surface area contributed by atoms with Crippen LogP contribution in [0.2, 0.25) is 0 Å². The number of aromatic nitrogens is 2. The van der Waals surface area contributed by atoms with Crippen LogP contribution in [0.25, 0.3) is 16.9 Å². The van der Waals surface area contributed by atoms with E-state index in [1.165, 1.54) is 22.4 Å². The summed E-state index contributed by atoms with van der Waals surface area (Å²) in [5, 5.41) is 0. The molecule has 0 saturated carbocycles. The zero-order valence-corrected chi connectivity index (χ0v) is 13.1. The molecule has 0 aliphatic heterocycles. The highest BCUT2D eigenvalue weighted by atomic mass is 15.1. The van der Waals surface area contributed by atoms with Gasteiger partial charge in [0.15, 0.2) is 0 Å². The van der Waals surface area contributed by atoms with E-state index in [1.54, 1.807) is 0 Å². The van der Waals surface area contributed by atoms with Crippen molar-refractivity contribution < 1.29 is 0 Å². The Morgan fingerprint density at radius 1 is 1.05 bits per heavy atom. The number of benzene rings is 1. The first-order chi connectivity index (χ1) is 10.1. The van der Waals surface area contributed by atoms with E-state index in [2.05, 4.69) is 79.8 Å². The normalized spacial score (nSPS) is 11.5. The minimum absolute atomic E-state index is 0.869. The van der Waals surface area contributed by atoms with Gasteiger partial charge in [-0.1, -0.05) is 35.9 Å². The molecule has 0 N–H and O–H groups in total. The molecule has 0 radical (unpaired) electrons. The highest BCUT2D eigenvalue weighted by Crippen LogP contribution is 2.26. The van der Waals surface area contributed by atoms with E-state index in [-0.39, 0.29) is 0 Å². The van der Waals surface area contributed by atoms with Gasteiger partial charge in [0.2, 0.25) is 0 Å². The number of aryl methyl sites for hydroxylation is 2. The van der Waals surface area contributed by atoms with Gasteiger partial charge in [-0.2, -0.15) is 0 Å². The molecule has 0 saturated heterocycles. The predicted molar refractivity (Wildman–Crippen MR) is 87.5 cm³/mol. The molecule has 0 spiro atoms. The molecule has 3 aromatic rings. The summed E-state index contributed by atoms with van der Waals surface area (Å²) in [5.41, 5.74) is 7.02. The highest BCUT2D eigenvalue weighted by molar-refractivity contribution is 5.68. The van der Waals surface area contributed by atoms with Crippen molar-refractivity contribution in [3.63, 3.8) is 0 Å². The molecule has 2 aromatic heterocycles. The van der Waals surface area contributed by atoms with Gasteiger partial charge in [0.05, 0.1) is 11.4 Å². The van der Waals surface area contributed by atoms with Gasteiger partial charge in [0.25, 0.3) is 0 Å². The summed E-state index contributed by atoms with van der Waals surface area (Å²) in [4.78, 5) is 7.09. The van der Waals surface area contributed by atoms with Crippen LogP contribution in [0.4, 0.5) is 0 Å². The summed E-state index contributed by atoms with van der Waals surface area (Å²) in [6, 6.07) is 12.8. The van der Waals surface area contributed by atoms with Crippen LogP contribution >= 0.6 is 0 Å². The molecule has 0 aliphatic carbocycles. The van der Waals surface area contributed by atoms with E-state index in [0.29, 0.717) is 0 Å². The Balaban J connectivity index is 2.25. The molecule has 0 amide bonds. The largest absolute Gasteiger partial charge is 0.304 e. The smallest absolute Gasteiger partial charge is 0.140 e. The molecule has 0 atom stereocenters. The third kappa shape index (κ3) is 2.57. The molecule has 0 bridgehead atoms. The van der Waals surface area contributed by atoms with Crippen molar-refractivity contribution in [2.24, 2.45) is 0 Å². The van der Waals surface area contributed by atoms with Gasteiger partial charge in [-0.25, -0.2) is 4.98 Å². The van der Waals surface area contributed by atoms with E-state index < -0.39 is 0 Å². The quantitative estimate of drug-likeness (QED) is 0.729. The van der Waals surface area contributed by atoms with Crippen LogP contribution < -0.4 is 0 Å². The lowest BCUT2D eigenvalue weighted by Crippen LogP contribution is -2.13. The Labute approximate surface area is 125 Å². The molecule has 21 heavy (non-hydrogen) atoms. The Hall–Kier alpha value is -2.13. The molecule has 108 valence electrons. The average Bonchev–Trinajstić information content (AvgIpc) is 2.80. The molecule has 3 nitrogen and oxygen atoms in total. The monoisotopic (exact) mass is 279 g/mol. The molecular weight excluding hydrogens is 258 g/mol. The molecule has 0 fully saturated rings. The third-order valence-electron chi connectivity index (χ3n) is 3.74. The van der Waals surface area contributed by atoms with Crippen LogP contribution in [-0.2, 0) is 6.54 Å². The van der Waals surface area contributed by atoms with E-state index in [1.807, 2.05) is 0 Å². The lowest BCUT2D eigenvalue weighted by molar-refractivity contribution is 0.396. The maximum absolute atomic E-state index is 4.90. The fourth-order valence-electron chi connectivity index (χ4n) is 2.65. The van der Waals surface area contributed by atoms with Crippen molar-refractivity contribution in [3.8, 4) is 11.3 Å². The van der Waals surface area contributed by atoms with Crippen molar-refractivity contribution in [2.45, 2.75) is 20.4 Å². The molecule has 1 aromatic carbocycles. The second kappa shape index (κ2) is 5.34. The van der Waals surface area contributed by atoms with Crippen LogP contribution in [-0.4, -0.2) is 28.4 Å². The molecule has 3 heteroatoms. The summed E-state index contributed by atoms with van der Waals surface area (Å²) in [6.45, 7) is 5.09. The van der Waals surface area contributed by atoms with Gasteiger partial charge in [-0.05, 0) is 39.6 Å². The predicted octanol–water partition coefficient (Wildman–Crippen LogP) is 3.68. The van der Waals surface area contributed by atoms with Gasteiger partial charge in [-0.3, -0.25) is 0 Å². The van der Waals surface area contributed by atoms with E-state index >= 15 is 0 Å². The maximum atomic E-state index is 4.90. The molecule has 0 aliphatic rings. The number of imidazole rings is 1. The van der Waals surface area contributed by atoms with Gasteiger partial charge in [-0.15, -0.1) is 0 Å². The Bertz CT molecular complexity index is 767. The van der Waals surface area contributed by atoms with Crippen LogP contribution in [0.5, 0.6) is 0 Å². The summed E-state index contributed by atoms with van der Waals surface area (Å²) >= 11 is 0. The van der Waals surface area contributed by atoms with Crippen LogP contribution in [0, 0.1) is 13.8 Å². The van der Waals surface area contributed by atoms with Crippen LogP contribution in [0.3, 0.4) is 0 Å². The standard InChI is InChI=1S/C18H21N3/c1-13-7-9-15(10-8-13)17-16(12-20(3)4)21-11-5-6-14(2)18(21)19-17/h5-11H,12H2,1-4H3. The molecular formula is C18H21N3. The van der Waals surface area contributed by atoms with Crippen LogP contribution in [0.15, 0.2) is 42.6 Å². The number of pyridine rings is 1. The van der Waals surface area contributed by atoms with Gasteiger partial charge >= 0.3 is 0 Å². The number of rotatable bonds is 3. The summed E-state index contributed by atoms with van der Waals surface area (Å²) in [6.07, 6.45) is 2.10. The summed E-state index contributed by atoms with van der Waals surface area (Å²) in [7, 11) is 4.18. The lowest BCUT2D eigenvalue weighted by atomic mass is 10.1. The van der Waals surface area contributed by atoms with Crippen LogP contribution in [0.1, 0.15) is 16.8 Å². The summed E-state index contributed by atoms with van der Waals surface area (Å²) < 4.78 is 2.21. The number of hydrogen-bond donors (Lipinski definition) is 0. The fraction of sp³-hybridized carbons (Fsp3) is 0.278. The Kier molecular flexibility index (Phi) is 3.52. The second-order valence-corrected chi connectivity index (χ2v) is 5.90. The second-order valence-electron chi connectivity index (χ2n) is 5.90. The molecule has 2 heterocycles. The molecule has 0 unspecified atom stereocenters. The SMILES string of the molecule is Cc1ccc(-c2nc3c(C)cccn3c2CN(C)C)cc1. The van der Waals surface area contributed by atoms with Crippen molar-refractivity contribution in [2.75, 3.05) is 14.1 Å². The van der Waals surface area contributed by atoms with Crippen molar-refractivity contribution in [1.82, 2.24) is 14.3 Å². The highest BCUT2D eigenvalue weighted by Gasteiger charge is 2.15. The number of nitrogens with zero attached hydrogens (tertiary/aromatic N) is 3. The maximum Gasteiger partial charge on any atom is 0.140 e. The number of fused-ring (bicyclic) bond motifs is 1. The lowest BCUT2D eigenvalue weighted by Gasteiger charge is -2.11. The molecule has 3 rings (SSSR count). The zero-order chi connectivity index (χ0) is 15.0. The van der Waals surface area contributed by atoms with Crippen molar-refractivity contribution in [1.29, 1.82) is 0 Å². The van der Waals surface area contributed by atoms with Crippen molar-refractivity contribution >= 4 is 5.65 Å². The van der Waals surface area contributed by atoms with E-state index in [4.69, 9.17) is 4.98 Å². The summed E-state index contributed by atoms with van der Waals surface area (Å²) in [5.74, 6) is 0. The first-order valence-electron chi connectivity index (χ1n) is 7.24. The first kappa shape index (κ1) is 13.8. The van der Waals surface area contributed by atoms with Gasteiger partial charge in [0, 0.05) is 18.3 Å². The minimum Gasteiger partial charge on any atom is -0.304 e. The topological polar surface area (TPSA) is 20.5 Å². The minimum atomic E-state index is 0.869.